The molecule has 0 aromatic carbocycles. The molecule has 0 unspecified atom stereocenters. The minimum absolute atomic E-state index is 0.466. The zero-order valence-corrected chi connectivity index (χ0v) is 29.0. The third-order valence-corrected chi connectivity index (χ3v) is 7.52. The molecule has 0 aliphatic heterocycles. The fourth-order valence-electron chi connectivity index (χ4n) is 4.79. The molecule has 0 saturated heterocycles. The second kappa shape index (κ2) is 38.7. The van der Waals surface area contributed by atoms with E-state index < -0.39 is 6.16 Å². The normalized spacial score (nSPS) is 12.4. The van der Waals surface area contributed by atoms with Gasteiger partial charge in [0.05, 0.1) is 13.2 Å². The SMILES string of the molecule is CCC=CCC=CCC=CCC=CCC=CCCCCCCOC(=O)OCCCCCCCCC=CCCCCCCCC. The van der Waals surface area contributed by atoms with E-state index >= 15 is 0 Å². The largest absolute Gasteiger partial charge is 0.508 e. The van der Waals surface area contributed by atoms with Gasteiger partial charge in [-0.2, -0.15) is 0 Å². The monoisotopic (exact) mass is 611 g/mol. The predicted molar refractivity (Wildman–Crippen MR) is 194 cm³/mol. The summed E-state index contributed by atoms with van der Waals surface area (Å²) in [5, 5.41) is 0. The smallest absolute Gasteiger partial charge is 0.434 e. The van der Waals surface area contributed by atoms with Crippen LogP contribution in [0.15, 0.2) is 72.9 Å². The minimum Gasteiger partial charge on any atom is -0.434 e. The maximum atomic E-state index is 11.7. The van der Waals surface area contributed by atoms with Crippen molar-refractivity contribution < 1.29 is 14.3 Å². The van der Waals surface area contributed by atoms with Crippen LogP contribution in [0.1, 0.15) is 168 Å². The minimum atomic E-state index is -0.503. The lowest BCUT2D eigenvalue weighted by Gasteiger charge is -2.06. The first-order chi connectivity index (χ1) is 21.8. The van der Waals surface area contributed by atoms with Crippen LogP contribution < -0.4 is 0 Å². The summed E-state index contributed by atoms with van der Waals surface area (Å²) in [4.78, 5) is 11.7. The third-order valence-electron chi connectivity index (χ3n) is 7.52. The molecule has 0 heterocycles. The molecular formula is C41H70O3. The molecule has 0 bridgehead atoms. The number of carbonyl (C=O) groups excluding carboxylic acids is 1. The van der Waals surface area contributed by atoms with E-state index in [2.05, 4.69) is 86.8 Å². The van der Waals surface area contributed by atoms with Crippen LogP contribution in [0.4, 0.5) is 4.79 Å². The van der Waals surface area contributed by atoms with Gasteiger partial charge in [0, 0.05) is 0 Å². The van der Waals surface area contributed by atoms with Crippen molar-refractivity contribution >= 4 is 6.16 Å². The van der Waals surface area contributed by atoms with Crippen LogP contribution in [-0.4, -0.2) is 19.4 Å². The molecule has 0 spiro atoms. The first kappa shape index (κ1) is 41.7. The first-order valence-corrected chi connectivity index (χ1v) is 18.5. The zero-order chi connectivity index (χ0) is 31.9. The Kier molecular flexibility index (Phi) is 36.7. The van der Waals surface area contributed by atoms with Crippen molar-refractivity contribution in [2.45, 2.75) is 168 Å². The molecule has 3 heteroatoms. The highest BCUT2D eigenvalue weighted by Gasteiger charge is 2.03. The number of ether oxygens (including phenoxy) is 2. The molecule has 0 radical (unpaired) electrons. The van der Waals surface area contributed by atoms with Crippen molar-refractivity contribution in [3.05, 3.63) is 72.9 Å². The Morgan fingerprint density at radius 3 is 1.11 bits per heavy atom. The van der Waals surface area contributed by atoms with Crippen molar-refractivity contribution in [3.63, 3.8) is 0 Å². The lowest BCUT2D eigenvalue weighted by atomic mass is 10.1. The summed E-state index contributed by atoms with van der Waals surface area (Å²) in [5.41, 5.74) is 0. The Hall–Kier alpha value is -2.29. The van der Waals surface area contributed by atoms with E-state index in [0.717, 1.165) is 64.2 Å². The molecule has 0 aromatic heterocycles. The fraction of sp³-hybridized carbons (Fsp3) is 0.683. The number of hydrogen-bond acceptors (Lipinski definition) is 3. The van der Waals surface area contributed by atoms with E-state index in [0.29, 0.717) is 13.2 Å². The van der Waals surface area contributed by atoms with Crippen LogP contribution >= 0.6 is 0 Å². The van der Waals surface area contributed by atoms with E-state index in [1.165, 1.54) is 89.9 Å². The van der Waals surface area contributed by atoms with Crippen LogP contribution in [0, 0.1) is 0 Å². The van der Waals surface area contributed by atoms with Gasteiger partial charge in [0.1, 0.15) is 0 Å². The summed E-state index contributed by atoms with van der Waals surface area (Å²) in [6, 6.07) is 0. The standard InChI is InChI=1S/C41H70O3/c1-3-5-7-9-11-13-15-17-19-21-22-23-24-26-28-30-32-34-36-38-40-44-41(42)43-39-37-35-33-31-29-27-25-20-18-16-14-12-10-8-6-4-2/h5,7,11,13,17-20,22-23,26,28H,3-4,6,8-10,12,14-16,21,24-25,27,29-40H2,1-2H3. The summed E-state index contributed by atoms with van der Waals surface area (Å²) >= 11 is 0. The fourth-order valence-corrected chi connectivity index (χ4v) is 4.79. The second-order valence-electron chi connectivity index (χ2n) is 11.8. The molecular weight excluding hydrogens is 540 g/mol. The third kappa shape index (κ3) is 37.7. The molecule has 0 amide bonds. The molecule has 0 fully saturated rings. The Bertz CT molecular complexity index is 756. The molecule has 3 nitrogen and oxygen atoms in total. The van der Waals surface area contributed by atoms with Crippen LogP contribution in [-0.2, 0) is 9.47 Å². The Labute approximate surface area is 274 Å². The molecule has 0 aliphatic carbocycles. The lowest BCUT2D eigenvalue weighted by molar-refractivity contribution is 0.0529. The summed E-state index contributed by atoms with van der Waals surface area (Å²) in [5.74, 6) is 0. The van der Waals surface area contributed by atoms with Gasteiger partial charge in [-0.05, 0) is 83.5 Å². The quantitative estimate of drug-likeness (QED) is 0.0432. The van der Waals surface area contributed by atoms with Crippen LogP contribution in [0.2, 0.25) is 0 Å². The Balaban J connectivity index is 3.35. The van der Waals surface area contributed by atoms with Gasteiger partial charge in [0.25, 0.3) is 0 Å². The van der Waals surface area contributed by atoms with Crippen LogP contribution in [0.25, 0.3) is 0 Å². The van der Waals surface area contributed by atoms with Gasteiger partial charge in [0.15, 0.2) is 0 Å². The molecule has 0 atom stereocenters. The topological polar surface area (TPSA) is 35.5 Å². The van der Waals surface area contributed by atoms with Crippen molar-refractivity contribution in [1.82, 2.24) is 0 Å². The van der Waals surface area contributed by atoms with Crippen molar-refractivity contribution in [2.75, 3.05) is 13.2 Å². The number of carbonyl (C=O) groups is 1. The Morgan fingerprint density at radius 1 is 0.386 bits per heavy atom. The van der Waals surface area contributed by atoms with Crippen LogP contribution in [0.5, 0.6) is 0 Å². The summed E-state index contributed by atoms with van der Waals surface area (Å²) in [7, 11) is 0. The molecule has 0 saturated carbocycles. The highest BCUT2D eigenvalue weighted by molar-refractivity contribution is 5.59. The van der Waals surface area contributed by atoms with Crippen molar-refractivity contribution in [1.29, 1.82) is 0 Å². The van der Waals surface area contributed by atoms with Gasteiger partial charge in [0.2, 0.25) is 0 Å². The van der Waals surface area contributed by atoms with Gasteiger partial charge in [-0.15, -0.1) is 0 Å². The van der Waals surface area contributed by atoms with E-state index in [1.807, 2.05) is 0 Å². The summed E-state index contributed by atoms with van der Waals surface area (Å²) in [6.07, 6.45) is 55.1. The van der Waals surface area contributed by atoms with Gasteiger partial charge in [-0.1, -0.05) is 157 Å². The first-order valence-electron chi connectivity index (χ1n) is 18.5. The van der Waals surface area contributed by atoms with Crippen molar-refractivity contribution in [3.8, 4) is 0 Å². The average molecular weight is 611 g/mol. The molecule has 252 valence electrons. The molecule has 0 N–H and O–H groups in total. The summed E-state index contributed by atoms with van der Waals surface area (Å²) in [6.45, 7) is 5.38. The highest BCUT2D eigenvalue weighted by atomic mass is 16.7. The summed E-state index contributed by atoms with van der Waals surface area (Å²) < 4.78 is 10.4. The number of rotatable bonds is 32. The Morgan fingerprint density at radius 2 is 0.705 bits per heavy atom. The van der Waals surface area contributed by atoms with Gasteiger partial charge < -0.3 is 9.47 Å². The van der Waals surface area contributed by atoms with Gasteiger partial charge >= 0.3 is 6.16 Å². The maximum absolute atomic E-state index is 11.7. The lowest BCUT2D eigenvalue weighted by Crippen LogP contribution is -2.09. The predicted octanol–water partition coefficient (Wildman–Crippen LogP) is 13.9. The second-order valence-corrected chi connectivity index (χ2v) is 11.8. The van der Waals surface area contributed by atoms with Gasteiger partial charge in [-0.25, -0.2) is 4.79 Å². The zero-order valence-electron chi connectivity index (χ0n) is 29.0. The molecule has 0 aromatic rings. The van der Waals surface area contributed by atoms with Crippen molar-refractivity contribution in [2.24, 2.45) is 0 Å². The number of hydrogen-bond donors (Lipinski definition) is 0. The number of allylic oxidation sites excluding steroid dienone is 12. The molecule has 44 heavy (non-hydrogen) atoms. The van der Waals surface area contributed by atoms with E-state index in [9.17, 15) is 4.79 Å². The average Bonchev–Trinajstić information content (AvgIpc) is 3.03. The van der Waals surface area contributed by atoms with E-state index in [4.69, 9.17) is 9.47 Å². The van der Waals surface area contributed by atoms with E-state index in [-0.39, 0.29) is 0 Å². The van der Waals surface area contributed by atoms with Crippen LogP contribution in [0.3, 0.4) is 0 Å². The van der Waals surface area contributed by atoms with E-state index in [1.54, 1.807) is 0 Å². The number of unbranched alkanes of at least 4 members (excludes halogenated alkanes) is 16. The molecule has 0 aliphatic rings. The maximum Gasteiger partial charge on any atom is 0.508 e. The molecule has 0 rings (SSSR count). The van der Waals surface area contributed by atoms with Gasteiger partial charge in [-0.3, -0.25) is 0 Å². The highest BCUT2D eigenvalue weighted by Crippen LogP contribution is 2.10.